The molecule has 1 aliphatic heterocycles. The van der Waals surface area contributed by atoms with E-state index in [1.54, 1.807) is 29.2 Å². The Balaban J connectivity index is 1.44. The molecule has 1 saturated heterocycles. The molecule has 3 aromatic rings. The summed E-state index contributed by atoms with van der Waals surface area (Å²) in [5.41, 5.74) is 1.29. The fourth-order valence-electron chi connectivity index (χ4n) is 3.38. The van der Waals surface area contributed by atoms with Crippen molar-refractivity contribution in [2.75, 3.05) is 37.3 Å². The van der Waals surface area contributed by atoms with Crippen molar-refractivity contribution in [3.63, 3.8) is 0 Å². The summed E-state index contributed by atoms with van der Waals surface area (Å²) in [6.07, 6.45) is 1.44. The summed E-state index contributed by atoms with van der Waals surface area (Å²) < 4.78 is 37.9. The Hall–Kier alpha value is -2.52. The van der Waals surface area contributed by atoms with E-state index in [2.05, 4.69) is 9.88 Å². The van der Waals surface area contributed by atoms with Gasteiger partial charge < -0.3 is 9.80 Å². The molecule has 0 bridgehead atoms. The topological polar surface area (TPSA) is 70.6 Å². The second-order valence-electron chi connectivity index (χ2n) is 7.04. The first-order valence-corrected chi connectivity index (χ1v) is 11.9. The lowest BCUT2D eigenvalue weighted by Crippen LogP contribution is -2.49. The van der Waals surface area contributed by atoms with Crippen LogP contribution in [0.2, 0.25) is 0 Å². The van der Waals surface area contributed by atoms with Crippen molar-refractivity contribution < 1.29 is 17.6 Å². The zero-order valence-electron chi connectivity index (χ0n) is 15.8. The Morgan fingerprint density at radius 3 is 2.45 bits per heavy atom. The third-order valence-electron chi connectivity index (χ3n) is 4.94. The lowest BCUT2D eigenvalue weighted by molar-refractivity contribution is -0.130. The molecule has 0 radical (unpaired) electrons. The van der Waals surface area contributed by atoms with Crippen LogP contribution in [0.1, 0.15) is 5.56 Å². The van der Waals surface area contributed by atoms with Crippen LogP contribution in [0.5, 0.6) is 0 Å². The largest absolute Gasteiger partial charge is 0.345 e. The highest BCUT2D eigenvalue weighted by atomic mass is 32.2. The summed E-state index contributed by atoms with van der Waals surface area (Å²) in [6, 6.07) is 11.2. The molecule has 29 heavy (non-hydrogen) atoms. The number of aromatic nitrogens is 1. The molecule has 6 nitrogen and oxygen atoms in total. The number of amides is 1. The van der Waals surface area contributed by atoms with E-state index < -0.39 is 9.84 Å². The van der Waals surface area contributed by atoms with Gasteiger partial charge >= 0.3 is 0 Å². The average Bonchev–Trinajstić information content (AvgIpc) is 3.13. The van der Waals surface area contributed by atoms with E-state index in [1.807, 2.05) is 6.07 Å². The van der Waals surface area contributed by atoms with Gasteiger partial charge in [-0.25, -0.2) is 17.8 Å². The number of sulfone groups is 1. The Kier molecular flexibility index (Phi) is 5.26. The van der Waals surface area contributed by atoms with Gasteiger partial charge in [0.05, 0.1) is 16.0 Å². The number of fused-ring (bicyclic) bond motifs is 1. The first-order valence-electron chi connectivity index (χ1n) is 9.18. The lowest BCUT2D eigenvalue weighted by atomic mass is 10.1. The number of hydrogen-bond acceptors (Lipinski definition) is 6. The van der Waals surface area contributed by atoms with Crippen molar-refractivity contribution in [1.29, 1.82) is 0 Å². The zero-order valence-corrected chi connectivity index (χ0v) is 17.5. The van der Waals surface area contributed by atoms with E-state index in [1.165, 1.54) is 29.7 Å². The Labute approximate surface area is 172 Å². The van der Waals surface area contributed by atoms with Gasteiger partial charge in [-0.15, -0.1) is 0 Å². The molecule has 4 rings (SSSR count). The van der Waals surface area contributed by atoms with Crippen LogP contribution >= 0.6 is 11.3 Å². The Morgan fingerprint density at radius 2 is 1.79 bits per heavy atom. The number of piperazine rings is 1. The molecule has 0 unspecified atom stereocenters. The molecule has 2 heterocycles. The van der Waals surface area contributed by atoms with Gasteiger partial charge in [-0.05, 0) is 29.8 Å². The summed E-state index contributed by atoms with van der Waals surface area (Å²) in [5, 5.41) is 0.765. The Morgan fingerprint density at radius 1 is 1.10 bits per heavy atom. The monoisotopic (exact) mass is 433 g/mol. The number of benzene rings is 2. The third-order valence-corrected chi connectivity index (χ3v) is 7.15. The summed E-state index contributed by atoms with van der Waals surface area (Å²) >= 11 is 1.46. The highest BCUT2D eigenvalue weighted by Crippen LogP contribution is 2.33. The van der Waals surface area contributed by atoms with Crippen molar-refractivity contribution >= 4 is 42.4 Å². The van der Waals surface area contributed by atoms with Crippen LogP contribution < -0.4 is 4.90 Å². The summed E-state index contributed by atoms with van der Waals surface area (Å²) in [6.45, 7) is 2.39. The van der Waals surface area contributed by atoms with Gasteiger partial charge in [0.25, 0.3) is 0 Å². The van der Waals surface area contributed by atoms with Crippen molar-refractivity contribution in [3.05, 3.63) is 53.8 Å². The minimum Gasteiger partial charge on any atom is -0.345 e. The van der Waals surface area contributed by atoms with E-state index in [-0.39, 0.29) is 23.0 Å². The third kappa shape index (κ3) is 4.25. The lowest BCUT2D eigenvalue weighted by Gasteiger charge is -2.34. The van der Waals surface area contributed by atoms with Crippen molar-refractivity contribution in [2.24, 2.45) is 0 Å². The first kappa shape index (κ1) is 19.8. The van der Waals surface area contributed by atoms with Crippen LogP contribution in [0.15, 0.2) is 47.4 Å². The Bertz CT molecular complexity index is 1150. The van der Waals surface area contributed by atoms with Crippen molar-refractivity contribution in [2.45, 2.75) is 11.3 Å². The molecule has 0 spiro atoms. The molecule has 0 saturated carbocycles. The quantitative estimate of drug-likeness (QED) is 0.633. The van der Waals surface area contributed by atoms with Crippen LogP contribution in [-0.4, -0.2) is 56.6 Å². The molecule has 0 atom stereocenters. The number of anilines is 1. The van der Waals surface area contributed by atoms with E-state index in [4.69, 9.17) is 0 Å². The number of rotatable bonds is 4. The summed E-state index contributed by atoms with van der Waals surface area (Å²) in [5.74, 6) is -0.301. The van der Waals surface area contributed by atoms with Crippen LogP contribution in [0.4, 0.5) is 9.52 Å². The number of thiazole rings is 1. The predicted molar refractivity (Wildman–Crippen MR) is 112 cm³/mol. The smallest absolute Gasteiger partial charge is 0.227 e. The van der Waals surface area contributed by atoms with Crippen LogP contribution in [0.3, 0.4) is 0 Å². The normalized spacial score (nSPS) is 15.1. The highest BCUT2D eigenvalue weighted by molar-refractivity contribution is 7.91. The van der Waals surface area contributed by atoms with E-state index in [0.29, 0.717) is 31.7 Å². The number of carbonyl (C=O) groups is 1. The fraction of sp³-hybridized carbons (Fsp3) is 0.300. The van der Waals surface area contributed by atoms with Gasteiger partial charge in [0, 0.05) is 32.4 Å². The molecule has 152 valence electrons. The van der Waals surface area contributed by atoms with E-state index >= 15 is 0 Å². The predicted octanol–water partition coefficient (Wildman–Crippen LogP) is 2.73. The zero-order chi connectivity index (χ0) is 20.6. The number of para-hydroxylation sites is 1. The molecular formula is C20H20FN3O3S2. The molecule has 1 aliphatic rings. The van der Waals surface area contributed by atoms with E-state index in [0.717, 1.165) is 15.4 Å². The molecule has 0 N–H and O–H groups in total. The number of nitrogens with zero attached hydrogens (tertiary/aromatic N) is 3. The standard InChI is InChI=1S/C20H20FN3O3S2/c1-29(26,27)17-4-2-3-16-19(17)22-20(28-16)24-11-9-23(10-12-24)18(25)13-14-5-7-15(21)8-6-14/h2-8H,9-13H2,1H3. The number of hydrogen-bond donors (Lipinski definition) is 0. The fourth-order valence-corrected chi connectivity index (χ4v) is 5.32. The molecule has 1 amide bonds. The summed E-state index contributed by atoms with van der Waals surface area (Å²) in [7, 11) is -3.35. The van der Waals surface area contributed by atoms with Crippen LogP contribution in [0, 0.1) is 5.82 Å². The average molecular weight is 434 g/mol. The minimum atomic E-state index is -3.35. The van der Waals surface area contributed by atoms with Gasteiger partial charge in [0.1, 0.15) is 11.3 Å². The molecule has 0 aliphatic carbocycles. The number of halogens is 1. The van der Waals surface area contributed by atoms with Crippen molar-refractivity contribution in [1.82, 2.24) is 9.88 Å². The molecule has 1 fully saturated rings. The second kappa shape index (κ2) is 7.72. The van der Waals surface area contributed by atoms with Gasteiger partial charge in [0.15, 0.2) is 15.0 Å². The van der Waals surface area contributed by atoms with Crippen LogP contribution in [0.25, 0.3) is 10.2 Å². The van der Waals surface area contributed by atoms with Gasteiger partial charge in [-0.3, -0.25) is 4.79 Å². The second-order valence-corrected chi connectivity index (χ2v) is 10.0. The molecule has 1 aromatic heterocycles. The minimum absolute atomic E-state index is 0.0138. The maximum atomic E-state index is 13.0. The van der Waals surface area contributed by atoms with Gasteiger partial charge in [-0.2, -0.15) is 0 Å². The molecule has 2 aromatic carbocycles. The molecular weight excluding hydrogens is 413 g/mol. The van der Waals surface area contributed by atoms with Crippen LogP contribution in [-0.2, 0) is 21.1 Å². The SMILES string of the molecule is CS(=O)(=O)c1cccc2sc(N3CCN(C(=O)Cc4ccc(F)cc4)CC3)nc12. The van der Waals surface area contributed by atoms with E-state index in [9.17, 15) is 17.6 Å². The molecule has 9 heteroatoms. The van der Waals surface area contributed by atoms with Gasteiger partial charge in [-0.1, -0.05) is 29.5 Å². The maximum Gasteiger partial charge on any atom is 0.227 e. The summed E-state index contributed by atoms with van der Waals surface area (Å²) in [4.78, 5) is 21.2. The highest BCUT2D eigenvalue weighted by Gasteiger charge is 2.24. The maximum absolute atomic E-state index is 13.0. The van der Waals surface area contributed by atoms with Gasteiger partial charge in [0.2, 0.25) is 5.91 Å². The number of carbonyl (C=O) groups excluding carboxylic acids is 1. The van der Waals surface area contributed by atoms with Crippen molar-refractivity contribution in [3.8, 4) is 0 Å². The first-order chi connectivity index (χ1) is 13.8.